The van der Waals surface area contributed by atoms with Crippen LogP contribution in [-0.4, -0.2) is 22.9 Å². The maximum absolute atomic E-state index is 10.5. The van der Waals surface area contributed by atoms with E-state index in [0.29, 0.717) is 6.61 Å². The van der Waals surface area contributed by atoms with Gasteiger partial charge in [-0.25, -0.2) is 0 Å². The van der Waals surface area contributed by atoms with Gasteiger partial charge in [0.05, 0.1) is 11.0 Å². The number of thioether (sulfide) groups is 1. The summed E-state index contributed by atoms with van der Waals surface area (Å²) in [7, 11) is 0. The Hall–Kier alpha value is -1.07. The van der Waals surface area contributed by atoms with E-state index in [0.717, 1.165) is 11.3 Å². The van der Waals surface area contributed by atoms with E-state index in [1.165, 1.54) is 12.1 Å². The molecule has 4 nitrogen and oxygen atoms in total. The van der Waals surface area contributed by atoms with Gasteiger partial charge in [-0.15, -0.1) is 11.8 Å². The molecule has 1 heterocycles. The van der Waals surface area contributed by atoms with Crippen LogP contribution in [0.3, 0.4) is 0 Å². The molecule has 1 saturated heterocycles. The van der Waals surface area contributed by atoms with E-state index < -0.39 is 4.92 Å². The Bertz CT molecular complexity index is 379. The summed E-state index contributed by atoms with van der Waals surface area (Å²) in [4.78, 5) is 11.0. The smallest absolute Gasteiger partial charge is 0.269 e. The molecule has 1 aromatic rings. The molecule has 0 N–H and O–H groups in total. The predicted molar refractivity (Wildman–Crippen MR) is 61.4 cm³/mol. The van der Waals surface area contributed by atoms with Crippen LogP contribution in [0.15, 0.2) is 29.2 Å². The average Bonchev–Trinajstić information content (AvgIpc) is 2.65. The van der Waals surface area contributed by atoms with E-state index in [-0.39, 0.29) is 17.0 Å². The third-order valence-corrected chi connectivity index (χ3v) is 3.77. The Labute approximate surface area is 98.1 Å². The van der Waals surface area contributed by atoms with Crippen LogP contribution in [0, 0.1) is 17.0 Å². The number of benzene rings is 1. The highest BCUT2D eigenvalue weighted by Crippen LogP contribution is 2.32. The zero-order valence-electron chi connectivity index (χ0n) is 8.54. The summed E-state index contributed by atoms with van der Waals surface area (Å²) in [6.45, 7) is 6.44. The van der Waals surface area contributed by atoms with Crippen LogP contribution < -0.4 is 0 Å². The average molecular weight is 237 g/mol. The number of ether oxygens (including phenoxy) is 1. The molecule has 1 fully saturated rings. The molecule has 0 amide bonds. The molecule has 0 saturated carbocycles. The summed E-state index contributed by atoms with van der Waals surface area (Å²) in [5.41, 5.74) is 0.108. The lowest BCUT2D eigenvalue weighted by molar-refractivity contribution is -0.384. The normalized spacial score (nSPS) is 24.6. The standard InChI is InChI=1S/C11H11NO3S/c1-8-11(6-7-15-8)16-10-4-2-9(3-5-10)12(13)14/h1-5,8,11H,6-7H2. The first-order chi connectivity index (χ1) is 7.66. The van der Waals surface area contributed by atoms with Gasteiger partial charge >= 0.3 is 0 Å². The molecule has 16 heavy (non-hydrogen) atoms. The first-order valence-corrected chi connectivity index (χ1v) is 5.83. The summed E-state index contributed by atoms with van der Waals surface area (Å²) in [5.74, 6) is 0. The van der Waals surface area contributed by atoms with E-state index in [1.54, 1.807) is 23.9 Å². The fourth-order valence-corrected chi connectivity index (χ4v) is 2.61. The summed E-state index contributed by atoms with van der Waals surface area (Å²) in [6.07, 6.45) is 0.684. The highest BCUT2D eigenvalue weighted by Gasteiger charge is 2.25. The van der Waals surface area contributed by atoms with Gasteiger partial charge < -0.3 is 4.74 Å². The van der Waals surface area contributed by atoms with Crippen molar-refractivity contribution in [2.45, 2.75) is 22.7 Å². The summed E-state index contributed by atoms with van der Waals surface area (Å²) in [5, 5.41) is 10.7. The molecule has 5 heteroatoms. The van der Waals surface area contributed by atoms with Crippen LogP contribution in [0.4, 0.5) is 5.69 Å². The van der Waals surface area contributed by atoms with Gasteiger partial charge in [-0.1, -0.05) is 0 Å². The molecule has 84 valence electrons. The van der Waals surface area contributed by atoms with E-state index in [9.17, 15) is 10.1 Å². The Balaban J connectivity index is 2.02. The van der Waals surface area contributed by atoms with Gasteiger partial charge in [-0.05, 0) is 25.5 Å². The van der Waals surface area contributed by atoms with E-state index >= 15 is 0 Å². The lowest BCUT2D eigenvalue weighted by atomic mass is 10.3. The maximum Gasteiger partial charge on any atom is 0.269 e. The molecule has 2 atom stereocenters. The van der Waals surface area contributed by atoms with Crippen molar-refractivity contribution in [2.24, 2.45) is 0 Å². The lowest BCUT2D eigenvalue weighted by Gasteiger charge is -2.12. The number of nitrogens with zero attached hydrogens (tertiary/aromatic N) is 1. The van der Waals surface area contributed by atoms with Gasteiger partial charge in [0.25, 0.3) is 5.69 Å². The molecule has 0 spiro atoms. The number of hydrogen-bond acceptors (Lipinski definition) is 4. The van der Waals surface area contributed by atoms with E-state index in [2.05, 4.69) is 0 Å². The van der Waals surface area contributed by atoms with Crippen LogP contribution in [0.5, 0.6) is 0 Å². The molecule has 2 radical (unpaired) electrons. The molecular weight excluding hydrogens is 226 g/mol. The summed E-state index contributed by atoms with van der Waals surface area (Å²) in [6, 6.07) is 6.50. The Kier molecular flexibility index (Phi) is 3.46. The molecule has 0 aliphatic carbocycles. The predicted octanol–water partition coefficient (Wildman–Crippen LogP) is 2.56. The second kappa shape index (κ2) is 4.84. The van der Waals surface area contributed by atoms with Crippen LogP contribution in [-0.2, 0) is 4.74 Å². The topological polar surface area (TPSA) is 52.4 Å². The summed E-state index contributed by atoms with van der Waals surface area (Å²) >= 11 is 1.61. The number of hydrogen-bond donors (Lipinski definition) is 0. The molecule has 1 aliphatic rings. The Morgan fingerprint density at radius 1 is 1.44 bits per heavy atom. The molecule has 2 rings (SSSR count). The number of nitro benzene ring substituents is 1. The fraction of sp³-hybridized carbons (Fsp3) is 0.364. The quantitative estimate of drug-likeness (QED) is 0.599. The van der Waals surface area contributed by atoms with Crippen molar-refractivity contribution in [3.05, 3.63) is 41.3 Å². The maximum atomic E-state index is 10.5. The largest absolute Gasteiger partial charge is 0.377 e. The second-order valence-corrected chi connectivity index (χ2v) is 4.84. The van der Waals surface area contributed by atoms with Gasteiger partial charge in [0, 0.05) is 28.9 Å². The lowest BCUT2D eigenvalue weighted by Crippen LogP contribution is -2.13. The SMILES string of the molecule is [CH]C1OCCC1Sc1ccc([N+](=O)[O-])cc1. The summed E-state index contributed by atoms with van der Waals surface area (Å²) < 4.78 is 5.25. The first-order valence-electron chi connectivity index (χ1n) is 4.95. The van der Waals surface area contributed by atoms with Gasteiger partial charge in [0.15, 0.2) is 0 Å². The second-order valence-electron chi connectivity index (χ2n) is 3.53. The van der Waals surface area contributed by atoms with Crippen LogP contribution in [0.2, 0.25) is 0 Å². The monoisotopic (exact) mass is 237 g/mol. The van der Waals surface area contributed by atoms with Gasteiger partial charge in [-0.3, -0.25) is 10.1 Å². The van der Waals surface area contributed by atoms with Crippen LogP contribution in [0.1, 0.15) is 6.42 Å². The van der Waals surface area contributed by atoms with Gasteiger partial charge in [0.2, 0.25) is 0 Å². The minimum atomic E-state index is -0.404. The minimum Gasteiger partial charge on any atom is -0.377 e. The number of non-ortho nitro benzene ring substituents is 1. The van der Waals surface area contributed by atoms with Crippen LogP contribution in [0.25, 0.3) is 0 Å². The van der Waals surface area contributed by atoms with Crippen molar-refractivity contribution in [3.8, 4) is 0 Å². The Morgan fingerprint density at radius 2 is 2.12 bits per heavy atom. The third-order valence-electron chi connectivity index (χ3n) is 2.41. The van der Waals surface area contributed by atoms with Crippen molar-refractivity contribution in [3.63, 3.8) is 0 Å². The van der Waals surface area contributed by atoms with Crippen molar-refractivity contribution in [1.29, 1.82) is 0 Å². The van der Waals surface area contributed by atoms with Crippen molar-refractivity contribution < 1.29 is 9.66 Å². The van der Waals surface area contributed by atoms with Crippen molar-refractivity contribution >= 4 is 17.4 Å². The fourth-order valence-electron chi connectivity index (χ4n) is 1.54. The molecule has 0 bridgehead atoms. The number of nitro groups is 1. The molecule has 1 aliphatic heterocycles. The van der Waals surface area contributed by atoms with E-state index in [1.807, 2.05) is 0 Å². The highest BCUT2D eigenvalue weighted by atomic mass is 32.2. The molecular formula is C11H11NO3S. The Morgan fingerprint density at radius 3 is 2.62 bits per heavy atom. The molecule has 0 aromatic heterocycles. The molecule has 1 aromatic carbocycles. The zero-order chi connectivity index (χ0) is 11.5. The van der Waals surface area contributed by atoms with E-state index in [4.69, 9.17) is 11.7 Å². The van der Waals surface area contributed by atoms with Gasteiger partial charge in [0.1, 0.15) is 0 Å². The number of rotatable bonds is 3. The van der Waals surface area contributed by atoms with Crippen LogP contribution >= 0.6 is 11.8 Å². The minimum absolute atomic E-state index is 0.108. The van der Waals surface area contributed by atoms with Gasteiger partial charge in [-0.2, -0.15) is 0 Å². The van der Waals surface area contributed by atoms with Crippen molar-refractivity contribution in [2.75, 3.05) is 6.61 Å². The zero-order valence-corrected chi connectivity index (χ0v) is 9.35. The highest BCUT2D eigenvalue weighted by molar-refractivity contribution is 8.00. The first kappa shape index (κ1) is 11.4. The molecule has 2 unspecified atom stereocenters. The van der Waals surface area contributed by atoms with Crippen molar-refractivity contribution in [1.82, 2.24) is 0 Å². The third kappa shape index (κ3) is 2.54.